The maximum atomic E-state index is 11.9. The van der Waals surface area contributed by atoms with Gasteiger partial charge >= 0.3 is 0 Å². The zero-order valence-corrected chi connectivity index (χ0v) is 12.8. The molecule has 1 aromatic heterocycles. The average Bonchev–Trinajstić information content (AvgIpc) is 2.47. The Hall–Kier alpha value is -1.62. The van der Waals surface area contributed by atoms with E-state index in [9.17, 15) is 9.59 Å². The predicted molar refractivity (Wildman–Crippen MR) is 81.1 cm³/mol. The van der Waals surface area contributed by atoms with Gasteiger partial charge in [0.05, 0.1) is 6.54 Å². The van der Waals surface area contributed by atoms with Crippen LogP contribution in [0.4, 0.5) is 0 Å². The van der Waals surface area contributed by atoms with Crippen molar-refractivity contribution in [3.05, 3.63) is 29.0 Å². The van der Waals surface area contributed by atoms with Gasteiger partial charge in [-0.3, -0.25) is 14.6 Å². The number of hydrogen-bond acceptors (Lipinski definition) is 3. The number of halogens is 1. The lowest BCUT2D eigenvalue weighted by Gasteiger charge is -2.29. The maximum Gasteiger partial charge on any atom is 0.270 e. The standard InChI is InChI=1S/C15H20ClN3O2/c1-10-4-2-3-5-12(10)19-14(20)9-18-15(21)13-8-11(16)6-7-17-13/h6-8,10,12H,2-5,9H2,1H3,(H,18,21)(H,19,20)/t10-,12-/m0/s1. The number of rotatable bonds is 4. The van der Waals surface area contributed by atoms with Gasteiger partial charge in [0.1, 0.15) is 5.69 Å². The van der Waals surface area contributed by atoms with Crippen molar-refractivity contribution in [3.63, 3.8) is 0 Å². The van der Waals surface area contributed by atoms with E-state index >= 15 is 0 Å². The third-order valence-electron chi connectivity index (χ3n) is 3.82. The Kier molecular flexibility index (Phi) is 5.56. The van der Waals surface area contributed by atoms with Gasteiger partial charge in [0.15, 0.2) is 0 Å². The quantitative estimate of drug-likeness (QED) is 0.895. The molecule has 0 saturated heterocycles. The first kappa shape index (κ1) is 15.8. The normalized spacial score (nSPS) is 21.6. The van der Waals surface area contributed by atoms with Crippen molar-refractivity contribution in [2.24, 2.45) is 5.92 Å². The van der Waals surface area contributed by atoms with E-state index in [0.717, 1.165) is 19.3 Å². The third kappa shape index (κ3) is 4.70. The first-order chi connectivity index (χ1) is 10.1. The zero-order valence-electron chi connectivity index (χ0n) is 12.1. The van der Waals surface area contributed by atoms with Crippen LogP contribution in [0.5, 0.6) is 0 Å². The van der Waals surface area contributed by atoms with Gasteiger partial charge in [-0.15, -0.1) is 0 Å². The molecule has 5 nitrogen and oxygen atoms in total. The third-order valence-corrected chi connectivity index (χ3v) is 4.06. The van der Waals surface area contributed by atoms with Crippen LogP contribution in [0.1, 0.15) is 43.1 Å². The largest absolute Gasteiger partial charge is 0.352 e. The van der Waals surface area contributed by atoms with Crippen LogP contribution in [0, 0.1) is 5.92 Å². The number of amides is 2. The molecule has 1 aliphatic carbocycles. The first-order valence-electron chi connectivity index (χ1n) is 7.25. The number of pyridine rings is 1. The average molecular weight is 310 g/mol. The second-order valence-electron chi connectivity index (χ2n) is 5.48. The van der Waals surface area contributed by atoms with Crippen LogP contribution >= 0.6 is 11.6 Å². The fraction of sp³-hybridized carbons (Fsp3) is 0.533. The molecule has 1 fully saturated rings. The second-order valence-corrected chi connectivity index (χ2v) is 5.91. The molecule has 0 spiro atoms. The first-order valence-corrected chi connectivity index (χ1v) is 7.63. The highest BCUT2D eigenvalue weighted by molar-refractivity contribution is 6.30. The van der Waals surface area contributed by atoms with Gasteiger partial charge in [-0.1, -0.05) is 31.4 Å². The number of aromatic nitrogens is 1. The van der Waals surface area contributed by atoms with Crippen molar-refractivity contribution >= 4 is 23.4 Å². The summed E-state index contributed by atoms with van der Waals surface area (Å²) in [7, 11) is 0. The van der Waals surface area contributed by atoms with E-state index in [1.165, 1.54) is 18.7 Å². The maximum absolute atomic E-state index is 11.9. The van der Waals surface area contributed by atoms with Gasteiger partial charge in [0.25, 0.3) is 5.91 Å². The summed E-state index contributed by atoms with van der Waals surface area (Å²) in [6.07, 6.45) is 5.99. The Morgan fingerprint density at radius 1 is 1.38 bits per heavy atom. The Labute approximate surface area is 129 Å². The predicted octanol–water partition coefficient (Wildman–Crippen LogP) is 2.16. The van der Waals surface area contributed by atoms with Gasteiger partial charge in [0, 0.05) is 17.3 Å². The molecule has 1 aliphatic rings. The van der Waals surface area contributed by atoms with Crippen LogP contribution in [0.25, 0.3) is 0 Å². The zero-order chi connectivity index (χ0) is 15.2. The van der Waals surface area contributed by atoms with Crippen molar-refractivity contribution in [1.29, 1.82) is 0 Å². The van der Waals surface area contributed by atoms with E-state index in [1.807, 2.05) is 0 Å². The van der Waals surface area contributed by atoms with E-state index in [4.69, 9.17) is 11.6 Å². The molecule has 0 radical (unpaired) electrons. The number of nitrogens with one attached hydrogen (secondary N) is 2. The molecule has 2 N–H and O–H groups in total. The van der Waals surface area contributed by atoms with Crippen LogP contribution in [0.3, 0.4) is 0 Å². The topological polar surface area (TPSA) is 71.1 Å². The van der Waals surface area contributed by atoms with Gasteiger partial charge in [-0.05, 0) is 30.9 Å². The minimum Gasteiger partial charge on any atom is -0.352 e. The lowest BCUT2D eigenvalue weighted by atomic mass is 9.86. The van der Waals surface area contributed by atoms with E-state index in [0.29, 0.717) is 10.9 Å². The Balaban J connectivity index is 1.79. The Bertz CT molecular complexity index is 521. The monoisotopic (exact) mass is 309 g/mol. The second kappa shape index (κ2) is 7.41. The molecule has 21 heavy (non-hydrogen) atoms. The van der Waals surface area contributed by atoms with Gasteiger partial charge in [-0.2, -0.15) is 0 Å². The molecule has 0 aliphatic heterocycles. The van der Waals surface area contributed by atoms with Crippen LogP contribution < -0.4 is 10.6 Å². The summed E-state index contributed by atoms with van der Waals surface area (Å²) in [5.41, 5.74) is 0.210. The molecule has 1 aromatic rings. The minimum absolute atomic E-state index is 0.0454. The smallest absolute Gasteiger partial charge is 0.270 e. The summed E-state index contributed by atoms with van der Waals surface area (Å²) in [5, 5.41) is 5.99. The summed E-state index contributed by atoms with van der Waals surface area (Å²) < 4.78 is 0. The molecule has 0 aromatic carbocycles. The van der Waals surface area contributed by atoms with Gasteiger partial charge in [0.2, 0.25) is 5.91 Å². The summed E-state index contributed by atoms with van der Waals surface area (Å²) in [5.74, 6) is -0.0681. The molecule has 114 valence electrons. The molecular weight excluding hydrogens is 290 g/mol. The molecular formula is C15H20ClN3O2. The van der Waals surface area contributed by atoms with Crippen LogP contribution in [-0.2, 0) is 4.79 Å². The van der Waals surface area contributed by atoms with Gasteiger partial charge in [-0.25, -0.2) is 0 Å². The number of nitrogens with zero attached hydrogens (tertiary/aromatic N) is 1. The van der Waals surface area contributed by atoms with Crippen LogP contribution in [-0.4, -0.2) is 29.4 Å². The van der Waals surface area contributed by atoms with Crippen molar-refractivity contribution in [2.75, 3.05) is 6.54 Å². The summed E-state index contributed by atoms with van der Waals surface area (Å²) >= 11 is 5.80. The van der Waals surface area contributed by atoms with Gasteiger partial charge < -0.3 is 10.6 Å². The number of carbonyl (C=O) groups excluding carboxylic acids is 2. The Morgan fingerprint density at radius 3 is 2.86 bits per heavy atom. The molecule has 2 atom stereocenters. The summed E-state index contributed by atoms with van der Waals surface area (Å²) in [6.45, 7) is 2.11. The highest BCUT2D eigenvalue weighted by Crippen LogP contribution is 2.23. The molecule has 2 amide bonds. The van der Waals surface area contributed by atoms with E-state index in [-0.39, 0.29) is 24.2 Å². The Morgan fingerprint density at radius 2 is 2.14 bits per heavy atom. The molecule has 6 heteroatoms. The van der Waals surface area contributed by atoms with Crippen molar-refractivity contribution in [3.8, 4) is 0 Å². The number of carbonyl (C=O) groups is 2. The number of hydrogen-bond donors (Lipinski definition) is 2. The van der Waals surface area contributed by atoms with Crippen molar-refractivity contribution in [1.82, 2.24) is 15.6 Å². The SMILES string of the molecule is C[C@H]1CCCC[C@@H]1NC(=O)CNC(=O)c1cc(Cl)ccn1. The molecule has 2 rings (SSSR count). The summed E-state index contributed by atoms with van der Waals surface area (Å²) in [4.78, 5) is 27.6. The highest BCUT2D eigenvalue weighted by atomic mass is 35.5. The molecule has 1 saturated carbocycles. The fourth-order valence-electron chi connectivity index (χ4n) is 2.57. The van der Waals surface area contributed by atoms with Crippen molar-refractivity contribution < 1.29 is 9.59 Å². The molecule has 1 heterocycles. The minimum atomic E-state index is -0.399. The molecule has 0 bridgehead atoms. The molecule has 0 unspecified atom stereocenters. The fourth-order valence-corrected chi connectivity index (χ4v) is 2.73. The lowest BCUT2D eigenvalue weighted by Crippen LogP contribution is -2.45. The van der Waals surface area contributed by atoms with Crippen LogP contribution in [0.15, 0.2) is 18.3 Å². The van der Waals surface area contributed by atoms with E-state index < -0.39 is 5.91 Å². The lowest BCUT2D eigenvalue weighted by molar-refractivity contribution is -0.121. The summed E-state index contributed by atoms with van der Waals surface area (Å²) in [6, 6.07) is 3.28. The van der Waals surface area contributed by atoms with E-state index in [2.05, 4.69) is 22.5 Å². The highest BCUT2D eigenvalue weighted by Gasteiger charge is 2.22. The van der Waals surface area contributed by atoms with Crippen LogP contribution in [0.2, 0.25) is 5.02 Å². The van der Waals surface area contributed by atoms with E-state index in [1.54, 1.807) is 6.07 Å². The van der Waals surface area contributed by atoms with Crippen molar-refractivity contribution in [2.45, 2.75) is 38.6 Å².